The lowest BCUT2D eigenvalue weighted by molar-refractivity contribution is -0.118. The fourth-order valence-corrected chi connectivity index (χ4v) is 2.84. The van der Waals surface area contributed by atoms with Gasteiger partial charge < -0.3 is 20.1 Å². The fourth-order valence-electron chi connectivity index (χ4n) is 2.50. The molecule has 2 aromatic rings. The van der Waals surface area contributed by atoms with Crippen LogP contribution in [-0.4, -0.2) is 32.1 Å². The first-order chi connectivity index (χ1) is 13.2. The molecule has 2 amide bonds. The highest BCUT2D eigenvalue weighted by Gasteiger charge is 2.26. The van der Waals surface area contributed by atoms with Gasteiger partial charge in [-0.05, 0) is 36.2 Å². The van der Waals surface area contributed by atoms with Gasteiger partial charge in [-0.2, -0.15) is 0 Å². The first kappa shape index (κ1) is 21.9. The van der Waals surface area contributed by atoms with E-state index in [0.29, 0.717) is 32.8 Å². The van der Waals surface area contributed by atoms with Crippen molar-refractivity contribution in [2.75, 3.05) is 19.5 Å². The zero-order valence-electron chi connectivity index (χ0n) is 16.0. The molecule has 1 atom stereocenters. The van der Waals surface area contributed by atoms with Crippen molar-refractivity contribution in [3.63, 3.8) is 0 Å². The summed E-state index contributed by atoms with van der Waals surface area (Å²) in [7, 11) is 2.99. The van der Waals surface area contributed by atoms with Gasteiger partial charge in [0.25, 0.3) is 5.91 Å². The second-order valence-electron chi connectivity index (χ2n) is 6.41. The van der Waals surface area contributed by atoms with Gasteiger partial charge in [-0.1, -0.05) is 37.0 Å². The Morgan fingerprint density at radius 3 is 2.11 bits per heavy atom. The van der Waals surface area contributed by atoms with Gasteiger partial charge in [0, 0.05) is 16.7 Å². The van der Waals surface area contributed by atoms with E-state index in [-0.39, 0.29) is 5.92 Å². The predicted molar refractivity (Wildman–Crippen MR) is 111 cm³/mol. The van der Waals surface area contributed by atoms with Crippen LogP contribution in [0, 0.1) is 5.92 Å². The van der Waals surface area contributed by atoms with Crippen LogP contribution in [0.1, 0.15) is 24.2 Å². The van der Waals surface area contributed by atoms with Crippen molar-refractivity contribution in [3.8, 4) is 11.5 Å². The van der Waals surface area contributed by atoms with Crippen molar-refractivity contribution in [2.24, 2.45) is 5.92 Å². The average molecular weight is 425 g/mol. The molecule has 28 heavy (non-hydrogen) atoms. The lowest BCUT2D eigenvalue weighted by Gasteiger charge is -2.22. The highest BCUT2D eigenvalue weighted by molar-refractivity contribution is 6.35. The topological polar surface area (TPSA) is 76.7 Å². The number of halogens is 2. The summed E-state index contributed by atoms with van der Waals surface area (Å²) in [6, 6.07) is 8.77. The van der Waals surface area contributed by atoms with E-state index in [0.717, 1.165) is 0 Å². The van der Waals surface area contributed by atoms with Crippen molar-refractivity contribution in [1.29, 1.82) is 0 Å². The third-order valence-electron chi connectivity index (χ3n) is 4.04. The Labute approximate surface area is 174 Å². The summed E-state index contributed by atoms with van der Waals surface area (Å²) in [6.45, 7) is 3.66. The fraction of sp³-hybridized carbons (Fsp3) is 0.300. The van der Waals surface area contributed by atoms with E-state index in [9.17, 15) is 9.59 Å². The predicted octanol–water partition coefficient (Wildman–Crippen LogP) is 4.40. The molecule has 0 saturated carbocycles. The lowest BCUT2D eigenvalue weighted by Crippen LogP contribution is -2.47. The Hall–Kier alpha value is -2.44. The van der Waals surface area contributed by atoms with Crippen molar-refractivity contribution in [1.82, 2.24) is 5.32 Å². The highest BCUT2D eigenvalue weighted by atomic mass is 35.5. The number of anilines is 1. The van der Waals surface area contributed by atoms with E-state index >= 15 is 0 Å². The van der Waals surface area contributed by atoms with Gasteiger partial charge >= 0.3 is 0 Å². The van der Waals surface area contributed by atoms with Crippen LogP contribution in [0.2, 0.25) is 10.0 Å². The standard InChI is InChI=1S/C20H22Cl2N2O4/c1-11(2)18(20(26)23-17-9-13(21)5-6-16(17)22)24-19(25)12-7-14(27-3)10-15(8-12)28-4/h5-11,18H,1-4H3,(H,23,26)(H,24,25). The number of carbonyl (C=O) groups is 2. The van der Waals surface area contributed by atoms with E-state index in [4.69, 9.17) is 32.7 Å². The van der Waals surface area contributed by atoms with Gasteiger partial charge in [0.05, 0.1) is 24.9 Å². The molecule has 2 N–H and O–H groups in total. The molecule has 0 aliphatic heterocycles. The molecule has 0 spiro atoms. The number of nitrogens with one attached hydrogen (secondary N) is 2. The molecular formula is C20H22Cl2N2O4. The Morgan fingerprint density at radius 2 is 1.57 bits per heavy atom. The molecule has 1 unspecified atom stereocenters. The van der Waals surface area contributed by atoms with Crippen LogP contribution in [0.5, 0.6) is 11.5 Å². The molecule has 8 heteroatoms. The molecule has 0 radical (unpaired) electrons. The number of ether oxygens (including phenoxy) is 2. The molecule has 0 fully saturated rings. The Balaban J connectivity index is 2.21. The molecule has 150 valence electrons. The van der Waals surface area contributed by atoms with Crippen molar-refractivity contribution >= 4 is 40.7 Å². The first-order valence-electron chi connectivity index (χ1n) is 8.55. The van der Waals surface area contributed by atoms with Crippen molar-refractivity contribution in [2.45, 2.75) is 19.9 Å². The summed E-state index contributed by atoms with van der Waals surface area (Å²) < 4.78 is 10.4. The molecule has 6 nitrogen and oxygen atoms in total. The van der Waals surface area contributed by atoms with Gasteiger partial charge in [-0.3, -0.25) is 9.59 Å². The second kappa shape index (κ2) is 9.66. The van der Waals surface area contributed by atoms with Crippen LogP contribution in [0.15, 0.2) is 36.4 Å². The third kappa shape index (κ3) is 5.53. The SMILES string of the molecule is COc1cc(OC)cc(C(=O)NC(C(=O)Nc2cc(Cl)ccc2Cl)C(C)C)c1. The largest absolute Gasteiger partial charge is 0.497 e. The molecule has 2 rings (SSSR count). The van der Waals surface area contributed by atoms with Crippen LogP contribution in [0.25, 0.3) is 0 Å². The van der Waals surface area contributed by atoms with E-state index in [2.05, 4.69) is 10.6 Å². The maximum absolute atomic E-state index is 12.8. The second-order valence-corrected chi connectivity index (χ2v) is 7.25. The molecule has 0 heterocycles. The van der Waals surface area contributed by atoms with Gasteiger partial charge in [-0.15, -0.1) is 0 Å². The average Bonchev–Trinajstić information content (AvgIpc) is 2.67. The van der Waals surface area contributed by atoms with Crippen LogP contribution < -0.4 is 20.1 Å². The van der Waals surface area contributed by atoms with E-state index in [1.165, 1.54) is 14.2 Å². The van der Waals surface area contributed by atoms with Crippen LogP contribution in [0.4, 0.5) is 5.69 Å². The third-order valence-corrected chi connectivity index (χ3v) is 4.60. The zero-order valence-corrected chi connectivity index (χ0v) is 17.5. The molecular weight excluding hydrogens is 403 g/mol. The summed E-state index contributed by atoms with van der Waals surface area (Å²) >= 11 is 12.1. The maximum atomic E-state index is 12.8. The minimum absolute atomic E-state index is 0.172. The molecule has 2 aromatic carbocycles. The number of hydrogen-bond acceptors (Lipinski definition) is 4. The Kier molecular flexibility index (Phi) is 7.54. The van der Waals surface area contributed by atoms with E-state index in [1.54, 1.807) is 36.4 Å². The van der Waals surface area contributed by atoms with E-state index < -0.39 is 17.9 Å². The number of rotatable bonds is 7. The summed E-state index contributed by atoms with van der Waals surface area (Å²) in [6.07, 6.45) is 0. The Bertz CT molecular complexity index is 849. The summed E-state index contributed by atoms with van der Waals surface area (Å²) in [4.78, 5) is 25.5. The zero-order chi connectivity index (χ0) is 20.8. The summed E-state index contributed by atoms with van der Waals surface area (Å²) in [5.74, 6) is -0.0541. The molecule has 0 saturated heterocycles. The molecule has 0 bridgehead atoms. The quantitative estimate of drug-likeness (QED) is 0.690. The maximum Gasteiger partial charge on any atom is 0.252 e. The summed E-state index contributed by atoms with van der Waals surface area (Å²) in [5, 5.41) is 6.26. The summed E-state index contributed by atoms with van der Waals surface area (Å²) in [5.41, 5.74) is 0.692. The number of carbonyl (C=O) groups excluding carboxylic acids is 2. The van der Waals surface area contributed by atoms with Gasteiger partial charge in [0.15, 0.2) is 0 Å². The van der Waals surface area contributed by atoms with Crippen LogP contribution >= 0.6 is 23.2 Å². The molecule has 0 aromatic heterocycles. The smallest absolute Gasteiger partial charge is 0.252 e. The molecule has 0 aliphatic carbocycles. The number of hydrogen-bond donors (Lipinski definition) is 2. The van der Waals surface area contributed by atoms with Gasteiger partial charge in [0.2, 0.25) is 5.91 Å². The van der Waals surface area contributed by atoms with Crippen LogP contribution in [0.3, 0.4) is 0 Å². The van der Waals surface area contributed by atoms with Gasteiger partial charge in [0.1, 0.15) is 17.5 Å². The minimum atomic E-state index is -0.792. The van der Waals surface area contributed by atoms with Gasteiger partial charge in [-0.25, -0.2) is 0 Å². The highest BCUT2D eigenvalue weighted by Crippen LogP contribution is 2.26. The number of methoxy groups -OCH3 is 2. The van der Waals surface area contributed by atoms with Crippen molar-refractivity contribution in [3.05, 3.63) is 52.0 Å². The van der Waals surface area contributed by atoms with Crippen molar-refractivity contribution < 1.29 is 19.1 Å². The lowest BCUT2D eigenvalue weighted by atomic mass is 10.0. The Morgan fingerprint density at radius 1 is 0.964 bits per heavy atom. The first-order valence-corrected chi connectivity index (χ1v) is 9.30. The molecule has 0 aliphatic rings. The van der Waals surface area contributed by atoms with Crippen LogP contribution in [-0.2, 0) is 4.79 Å². The number of benzene rings is 2. The monoisotopic (exact) mass is 424 g/mol. The van der Waals surface area contributed by atoms with E-state index in [1.807, 2.05) is 13.8 Å². The number of amides is 2. The minimum Gasteiger partial charge on any atom is -0.497 e. The normalized spacial score (nSPS) is 11.7.